The van der Waals surface area contributed by atoms with Crippen LogP contribution in [0.1, 0.15) is 0 Å². The fourth-order valence-corrected chi connectivity index (χ4v) is 11.2. The molecule has 1 unspecified atom stereocenters. The minimum absolute atomic E-state index is 0.237. The molecule has 0 fully saturated rings. The van der Waals surface area contributed by atoms with Crippen molar-refractivity contribution in [1.29, 1.82) is 0 Å². The molecule has 0 aromatic heterocycles. The van der Waals surface area contributed by atoms with E-state index in [2.05, 4.69) is 237 Å². The van der Waals surface area contributed by atoms with Crippen LogP contribution < -0.4 is 0 Å². The lowest BCUT2D eigenvalue weighted by Gasteiger charge is -2.14. The molecule has 9 aromatic carbocycles. The molecular formula is C54H39S3+. The standard InChI is InChI=1S/C54H39S3/c1-5-15-40(16-6-1)42-25-27-45(28-26-42)51-23-13-14-24-53(51)56-47-33-38-52(44-19-9-3-10-20-44)54(39-47)55-46-31-36-50(37-32-46)57(48-21-11-4-12-22-48)49-34-29-43(30-35-49)41-17-7-2-8-18-41/h1-39H/q+1. The molecule has 0 spiro atoms. The van der Waals surface area contributed by atoms with Crippen LogP contribution in [-0.4, -0.2) is 0 Å². The van der Waals surface area contributed by atoms with Crippen molar-refractivity contribution >= 4 is 34.4 Å². The van der Waals surface area contributed by atoms with Crippen LogP contribution in [-0.2, 0) is 10.9 Å². The third-order valence-electron chi connectivity index (χ3n) is 9.92. The summed E-state index contributed by atoms with van der Waals surface area (Å²) in [4.78, 5) is 8.84. The van der Waals surface area contributed by atoms with Crippen LogP contribution in [0, 0.1) is 0 Å². The van der Waals surface area contributed by atoms with Crippen molar-refractivity contribution in [1.82, 2.24) is 0 Å². The smallest absolute Gasteiger partial charge is 0.0894 e. The van der Waals surface area contributed by atoms with Gasteiger partial charge in [-0.2, -0.15) is 0 Å². The fourth-order valence-electron chi connectivity index (χ4n) is 7.05. The predicted molar refractivity (Wildman–Crippen MR) is 244 cm³/mol. The van der Waals surface area contributed by atoms with Crippen LogP contribution in [0.4, 0.5) is 0 Å². The average Bonchev–Trinajstić information content (AvgIpc) is 3.29. The zero-order valence-electron chi connectivity index (χ0n) is 31.2. The van der Waals surface area contributed by atoms with Crippen LogP contribution in [0.3, 0.4) is 0 Å². The van der Waals surface area contributed by atoms with Crippen molar-refractivity contribution in [3.05, 3.63) is 237 Å². The van der Waals surface area contributed by atoms with Gasteiger partial charge in [-0.3, -0.25) is 0 Å². The summed E-state index contributed by atoms with van der Waals surface area (Å²) in [5, 5.41) is 0. The Hall–Kier alpha value is -5.97. The Bertz CT molecular complexity index is 2680. The summed E-state index contributed by atoms with van der Waals surface area (Å²) in [5.74, 6) is 0. The molecule has 0 saturated heterocycles. The average molecular weight is 784 g/mol. The van der Waals surface area contributed by atoms with Gasteiger partial charge in [0.15, 0.2) is 14.7 Å². The summed E-state index contributed by atoms with van der Waals surface area (Å²) in [5.41, 5.74) is 9.84. The molecule has 0 radical (unpaired) electrons. The first-order valence-electron chi connectivity index (χ1n) is 19.1. The molecule has 0 bridgehead atoms. The molecule has 0 amide bonds. The van der Waals surface area contributed by atoms with E-state index in [0.29, 0.717) is 0 Å². The van der Waals surface area contributed by atoms with E-state index in [1.165, 1.54) is 78.8 Å². The maximum Gasteiger partial charge on any atom is 0.166 e. The predicted octanol–water partition coefficient (Wildman–Crippen LogP) is 15.8. The summed E-state index contributed by atoms with van der Waals surface area (Å²) >= 11 is 3.66. The van der Waals surface area contributed by atoms with E-state index in [1.807, 2.05) is 23.5 Å². The van der Waals surface area contributed by atoms with Gasteiger partial charge in [-0.15, -0.1) is 0 Å². The second-order valence-corrected chi connectivity index (χ2v) is 17.9. The summed E-state index contributed by atoms with van der Waals surface area (Å²) in [6, 6.07) is 85.8. The molecule has 272 valence electrons. The van der Waals surface area contributed by atoms with Gasteiger partial charge in [-0.1, -0.05) is 181 Å². The normalized spacial score (nSPS) is 11.6. The van der Waals surface area contributed by atoms with Gasteiger partial charge >= 0.3 is 0 Å². The molecule has 9 rings (SSSR count). The van der Waals surface area contributed by atoms with Crippen LogP contribution in [0.15, 0.2) is 271 Å². The van der Waals surface area contributed by atoms with Crippen LogP contribution in [0.2, 0.25) is 0 Å². The Morgan fingerprint density at radius 1 is 0.246 bits per heavy atom. The van der Waals surface area contributed by atoms with Crippen molar-refractivity contribution < 1.29 is 0 Å². The molecule has 0 heterocycles. The zero-order valence-corrected chi connectivity index (χ0v) is 33.7. The van der Waals surface area contributed by atoms with E-state index in [4.69, 9.17) is 0 Å². The highest BCUT2D eigenvalue weighted by Gasteiger charge is 2.28. The minimum atomic E-state index is -0.237. The van der Waals surface area contributed by atoms with E-state index < -0.39 is 0 Å². The Morgan fingerprint density at radius 3 is 1.21 bits per heavy atom. The third-order valence-corrected chi connectivity index (χ3v) is 14.3. The molecule has 9 aromatic rings. The highest BCUT2D eigenvalue weighted by molar-refractivity contribution is 8.00. The highest BCUT2D eigenvalue weighted by atomic mass is 32.2. The minimum Gasteiger partial charge on any atom is -0.0894 e. The van der Waals surface area contributed by atoms with Crippen molar-refractivity contribution in [3.63, 3.8) is 0 Å². The molecule has 3 heteroatoms. The van der Waals surface area contributed by atoms with Crippen molar-refractivity contribution in [2.75, 3.05) is 0 Å². The lowest BCUT2D eigenvalue weighted by Crippen LogP contribution is -2.04. The first-order chi connectivity index (χ1) is 28.2. The van der Waals surface area contributed by atoms with Gasteiger partial charge in [0, 0.05) is 19.6 Å². The molecule has 1 atom stereocenters. The number of rotatable bonds is 11. The van der Waals surface area contributed by atoms with E-state index >= 15 is 0 Å². The molecule has 0 aliphatic rings. The topological polar surface area (TPSA) is 0 Å². The molecule has 0 N–H and O–H groups in total. The summed E-state index contributed by atoms with van der Waals surface area (Å²) in [6.45, 7) is 0. The SMILES string of the molecule is c1ccc(-c2ccc(-c3ccccc3Sc3ccc(-c4ccccc4)c(Sc4ccc([S+](c5ccccc5)c5ccc(-c6ccccc6)cc5)cc4)c3)cc2)cc1. The van der Waals surface area contributed by atoms with Gasteiger partial charge in [0.05, 0.1) is 10.9 Å². The maximum atomic E-state index is 2.36. The van der Waals surface area contributed by atoms with Gasteiger partial charge < -0.3 is 0 Å². The molecule has 0 aliphatic heterocycles. The van der Waals surface area contributed by atoms with E-state index in [9.17, 15) is 0 Å². The van der Waals surface area contributed by atoms with Crippen molar-refractivity contribution in [2.45, 2.75) is 34.3 Å². The maximum absolute atomic E-state index is 2.36. The summed E-state index contributed by atoms with van der Waals surface area (Å²) in [7, 11) is -0.237. The van der Waals surface area contributed by atoms with Crippen molar-refractivity contribution in [2.24, 2.45) is 0 Å². The van der Waals surface area contributed by atoms with Gasteiger partial charge in [0.1, 0.15) is 0 Å². The van der Waals surface area contributed by atoms with Gasteiger partial charge in [-0.05, 0) is 123 Å². The van der Waals surface area contributed by atoms with Crippen LogP contribution >= 0.6 is 23.5 Å². The second kappa shape index (κ2) is 17.4. The number of hydrogen-bond donors (Lipinski definition) is 0. The van der Waals surface area contributed by atoms with Gasteiger partial charge in [0.25, 0.3) is 0 Å². The fraction of sp³-hybridized carbons (Fsp3) is 0. The molecule has 57 heavy (non-hydrogen) atoms. The third kappa shape index (κ3) is 8.57. The highest BCUT2D eigenvalue weighted by Crippen LogP contribution is 2.43. The van der Waals surface area contributed by atoms with E-state index in [0.717, 1.165) is 0 Å². The Morgan fingerprint density at radius 2 is 0.614 bits per heavy atom. The molecular weight excluding hydrogens is 745 g/mol. The lowest BCUT2D eigenvalue weighted by atomic mass is 10.0. The first-order valence-corrected chi connectivity index (χ1v) is 22.0. The Kier molecular flexibility index (Phi) is 11.2. The van der Waals surface area contributed by atoms with Crippen LogP contribution in [0.25, 0.3) is 44.5 Å². The number of benzene rings is 9. The van der Waals surface area contributed by atoms with Gasteiger partial charge in [-0.25, -0.2) is 0 Å². The monoisotopic (exact) mass is 783 g/mol. The summed E-state index contributed by atoms with van der Waals surface area (Å²) < 4.78 is 0. The lowest BCUT2D eigenvalue weighted by molar-refractivity contribution is 1.28. The largest absolute Gasteiger partial charge is 0.166 e. The first kappa shape index (κ1) is 36.7. The van der Waals surface area contributed by atoms with E-state index in [1.54, 1.807) is 0 Å². The Balaban J connectivity index is 1.01. The quantitative estimate of drug-likeness (QED) is 0.120. The molecule has 0 saturated carbocycles. The zero-order chi connectivity index (χ0) is 38.2. The van der Waals surface area contributed by atoms with E-state index in [-0.39, 0.29) is 10.9 Å². The molecule has 0 aliphatic carbocycles. The number of hydrogen-bond acceptors (Lipinski definition) is 2. The summed E-state index contributed by atoms with van der Waals surface area (Å²) in [6.07, 6.45) is 0. The Labute approximate surface area is 347 Å². The second-order valence-electron chi connectivity index (χ2n) is 13.6. The van der Waals surface area contributed by atoms with Gasteiger partial charge in [0.2, 0.25) is 0 Å². The molecule has 0 nitrogen and oxygen atoms in total. The van der Waals surface area contributed by atoms with Crippen molar-refractivity contribution in [3.8, 4) is 44.5 Å². The van der Waals surface area contributed by atoms with Crippen LogP contribution in [0.5, 0.6) is 0 Å².